The van der Waals surface area contributed by atoms with Crippen LogP contribution in [0.5, 0.6) is 11.5 Å². The van der Waals surface area contributed by atoms with Crippen LogP contribution in [0.4, 0.5) is 18.9 Å². The molecule has 6 nitrogen and oxygen atoms in total. The average Bonchev–Trinajstić information content (AvgIpc) is 3.06. The first-order chi connectivity index (χ1) is 11.9. The van der Waals surface area contributed by atoms with Crippen LogP contribution in [0.15, 0.2) is 42.7 Å². The summed E-state index contributed by atoms with van der Waals surface area (Å²) in [5.74, 6) is 0.855. The molecule has 0 spiro atoms. The Morgan fingerprint density at radius 3 is 2.48 bits per heavy atom. The summed E-state index contributed by atoms with van der Waals surface area (Å²) in [7, 11) is 0. The number of nitrogens with two attached hydrogens (primary N) is 2. The Bertz CT molecular complexity index is 891. The second-order valence-electron chi connectivity index (χ2n) is 5.19. The summed E-state index contributed by atoms with van der Waals surface area (Å²) in [4.78, 5) is 9.92. The van der Waals surface area contributed by atoms with Crippen LogP contribution in [0.2, 0.25) is 0 Å². The molecule has 0 unspecified atom stereocenters. The van der Waals surface area contributed by atoms with Crippen molar-refractivity contribution in [1.82, 2.24) is 15.0 Å². The zero-order chi connectivity index (χ0) is 18.0. The zero-order valence-corrected chi connectivity index (χ0v) is 12.8. The van der Waals surface area contributed by atoms with E-state index in [1.165, 1.54) is 12.3 Å². The standard InChI is InChI=1S/C16H14F3N5O/c17-16(18,19)14-8-23-15(24-14)13-6-11(3-4-22-13)25-10-2-1-9(7-20)12(21)5-10/h1-6,8H,7,20-21H2,(H,23,24). The van der Waals surface area contributed by atoms with Gasteiger partial charge in [0.05, 0.1) is 6.20 Å². The van der Waals surface area contributed by atoms with Gasteiger partial charge in [0.15, 0.2) is 5.82 Å². The van der Waals surface area contributed by atoms with Gasteiger partial charge in [0.25, 0.3) is 0 Å². The van der Waals surface area contributed by atoms with Crippen molar-refractivity contribution in [3.05, 3.63) is 54.0 Å². The van der Waals surface area contributed by atoms with Crippen molar-refractivity contribution >= 4 is 5.69 Å². The normalized spacial score (nSPS) is 11.5. The van der Waals surface area contributed by atoms with Crippen LogP contribution in [-0.2, 0) is 12.7 Å². The van der Waals surface area contributed by atoms with Crippen LogP contribution in [0, 0.1) is 0 Å². The van der Waals surface area contributed by atoms with Gasteiger partial charge in [-0.25, -0.2) is 4.98 Å². The van der Waals surface area contributed by atoms with Crippen molar-refractivity contribution in [3.63, 3.8) is 0 Å². The number of hydrogen-bond donors (Lipinski definition) is 3. The quantitative estimate of drug-likeness (QED) is 0.627. The van der Waals surface area contributed by atoms with Gasteiger partial charge in [-0.05, 0) is 17.7 Å². The maximum atomic E-state index is 12.6. The number of aromatic nitrogens is 3. The van der Waals surface area contributed by atoms with Crippen LogP contribution in [-0.4, -0.2) is 15.0 Å². The molecule has 9 heteroatoms. The number of nitrogens with zero attached hydrogens (tertiary/aromatic N) is 2. The van der Waals surface area contributed by atoms with Gasteiger partial charge in [-0.2, -0.15) is 13.2 Å². The molecular weight excluding hydrogens is 335 g/mol. The van der Waals surface area contributed by atoms with E-state index in [0.717, 1.165) is 11.8 Å². The van der Waals surface area contributed by atoms with E-state index in [-0.39, 0.29) is 11.5 Å². The van der Waals surface area contributed by atoms with Gasteiger partial charge in [0, 0.05) is 30.6 Å². The van der Waals surface area contributed by atoms with E-state index in [4.69, 9.17) is 16.2 Å². The third kappa shape index (κ3) is 3.72. The van der Waals surface area contributed by atoms with E-state index in [2.05, 4.69) is 15.0 Å². The first-order valence-corrected chi connectivity index (χ1v) is 7.22. The summed E-state index contributed by atoms with van der Waals surface area (Å²) in [5.41, 5.74) is 12.0. The number of hydrogen-bond acceptors (Lipinski definition) is 5. The van der Waals surface area contributed by atoms with Gasteiger partial charge < -0.3 is 21.2 Å². The van der Waals surface area contributed by atoms with E-state index >= 15 is 0 Å². The number of alkyl halides is 3. The number of halogens is 3. The Kier molecular flexibility index (Phi) is 4.32. The molecule has 0 fully saturated rings. The summed E-state index contributed by atoms with van der Waals surface area (Å²) >= 11 is 0. The predicted octanol–water partition coefficient (Wildman–Crippen LogP) is 3.32. The van der Waals surface area contributed by atoms with Gasteiger partial charge >= 0.3 is 6.18 Å². The number of ether oxygens (including phenoxy) is 1. The van der Waals surface area contributed by atoms with Crippen LogP contribution in [0.25, 0.3) is 11.5 Å². The van der Waals surface area contributed by atoms with E-state index in [1.54, 1.807) is 24.3 Å². The molecule has 1 aromatic carbocycles. The summed E-state index contributed by atoms with van der Waals surface area (Å²) in [6, 6.07) is 8.12. The number of nitrogen functional groups attached to an aromatic ring is 1. The largest absolute Gasteiger partial charge is 0.457 e. The highest BCUT2D eigenvalue weighted by atomic mass is 19.4. The van der Waals surface area contributed by atoms with Crippen LogP contribution < -0.4 is 16.2 Å². The average molecular weight is 349 g/mol. The molecule has 3 aromatic rings. The Hall–Kier alpha value is -3.07. The number of rotatable bonds is 4. The molecule has 2 aromatic heterocycles. The Morgan fingerprint density at radius 1 is 1.08 bits per heavy atom. The molecule has 0 aliphatic carbocycles. The van der Waals surface area contributed by atoms with Crippen LogP contribution >= 0.6 is 0 Å². The second-order valence-corrected chi connectivity index (χ2v) is 5.19. The van der Waals surface area contributed by atoms with Crippen molar-refractivity contribution in [2.75, 3.05) is 5.73 Å². The van der Waals surface area contributed by atoms with Crippen LogP contribution in [0.1, 0.15) is 11.3 Å². The molecular formula is C16H14F3N5O. The molecule has 25 heavy (non-hydrogen) atoms. The SMILES string of the molecule is NCc1ccc(Oc2ccnc(-c3ncc(C(F)(F)F)[nH]3)c2)cc1N. The molecule has 0 radical (unpaired) electrons. The minimum atomic E-state index is -4.50. The fourth-order valence-corrected chi connectivity index (χ4v) is 2.16. The Labute approximate surface area is 140 Å². The molecule has 0 saturated heterocycles. The molecule has 2 heterocycles. The lowest BCUT2D eigenvalue weighted by Crippen LogP contribution is -2.04. The third-order valence-corrected chi connectivity index (χ3v) is 3.43. The molecule has 0 aliphatic heterocycles. The van der Waals surface area contributed by atoms with Crippen molar-refractivity contribution in [2.45, 2.75) is 12.7 Å². The Morgan fingerprint density at radius 2 is 1.84 bits per heavy atom. The minimum Gasteiger partial charge on any atom is -0.457 e. The van der Waals surface area contributed by atoms with Gasteiger partial charge in [-0.15, -0.1) is 0 Å². The third-order valence-electron chi connectivity index (χ3n) is 3.43. The highest BCUT2D eigenvalue weighted by Gasteiger charge is 2.33. The van der Waals surface area contributed by atoms with Crippen LogP contribution in [0.3, 0.4) is 0 Å². The van der Waals surface area contributed by atoms with E-state index in [9.17, 15) is 13.2 Å². The second kappa shape index (κ2) is 6.44. The summed E-state index contributed by atoms with van der Waals surface area (Å²) in [6.45, 7) is 0.311. The zero-order valence-electron chi connectivity index (χ0n) is 12.8. The molecule has 5 N–H and O–H groups in total. The molecule has 0 amide bonds. The lowest BCUT2D eigenvalue weighted by atomic mass is 10.2. The minimum absolute atomic E-state index is 0.00392. The summed E-state index contributed by atoms with van der Waals surface area (Å²) in [6.07, 6.45) is -2.36. The molecule has 0 saturated carbocycles. The van der Waals surface area contributed by atoms with Gasteiger partial charge in [-0.1, -0.05) is 6.07 Å². The van der Waals surface area contributed by atoms with Crippen molar-refractivity contribution in [1.29, 1.82) is 0 Å². The van der Waals surface area contributed by atoms with Gasteiger partial charge in [-0.3, -0.25) is 4.98 Å². The van der Waals surface area contributed by atoms with Crippen molar-refractivity contribution in [3.8, 4) is 23.0 Å². The molecule has 0 aliphatic rings. The Balaban J connectivity index is 1.84. The number of pyridine rings is 1. The first kappa shape index (κ1) is 16.8. The monoisotopic (exact) mass is 349 g/mol. The number of H-pyrrole nitrogens is 1. The van der Waals surface area contributed by atoms with Crippen molar-refractivity contribution in [2.24, 2.45) is 5.73 Å². The van der Waals surface area contributed by atoms with E-state index in [0.29, 0.717) is 23.7 Å². The molecule has 130 valence electrons. The number of aromatic amines is 1. The smallest absolute Gasteiger partial charge is 0.432 e. The molecule has 0 bridgehead atoms. The first-order valence-electron chi connectivity index (χ1n) is 7.22. The number of nitrogens with one attached hydrogen (secondary N) is 1. The molecule has 0 atom stereocenters. The summed E-state index contributed by atoms with van der Waals surface area (Å²) in [5, 5.41) is 0. The highest BCUT2D eigenvalue weighted by molar-refractivity contribution is 5.54. The fraction of sp³-hybridized carbons (Fsp3) is 0.125. The van der Waals surface area contributed by atoms with E-state index in [1.807, 2.05) is 0 Å². The number of anilines is 1. The number of benzene rings is 1. The molecule has 3 rings (SSSR count). The van der Waals surface area contributed by atoms with E-state index < -0.39 is 11.9 Å². The summed E-state index contributed by atoms with van der Waals surface area (Å²) < 4.78 is 43.6. The van der Waals surface area contributed by atoms with Gasteiger partial charge in [0.1, 0.15) is 22.9 Å². The maximum Gasteiger partial charge on any atom is 0.432 e. The lowest BCUT2D eigenvalue weighted by Gasteiger charge is -2.09. The maximum absolute atomic E-state index is 12.6. The lowest BCUT2D eigenvalue weighted by molar-refractivity contribution is -0.140. The van der Waals surface area contributed by atoms with Crippen molar-refractivity contribution < 1.29 is 17.9 Å². The number of imidazole rings is 1. The van der Waals surface area contributed by atoms with Gasteiger partial charge in [0.2, 0.25) is 0 Å². The highest BCUT2D eigenvalue weighted by Crippen LogP contribution is 2.30. The fourth-order valence-electron chi connectivity index (χ4n) is 2.16. The predicted molar refractivity (Wildman–Crippen MR) is 85.6 cm³/mol. The topological polar surface area (TPSA) is 103 Å².